The van der Waals surface area contributed by atoms with Gasteiger partial charge in [0.2, 0.25) is 0 Å². The van der Waals surface area contributed by atoms with Crippen LogP contribution in [0.3, 0.4) is 0 Å². The Kier molecular flexibility index (Phi) is 3.76. The lowest BCUT2D eigenvalue weighted by molar-refractivity contribution is 0.207. The minimum Gasteiger partial charge on any atom is -0.336 e. The summed E-state index contributed by atoms with van der Waals surface area (Å²) < 4.78 is 2.07. The molecule has 108 valence electrons. The lowest BCUT2D eigenvalue weighted by Crippen LogP contribution is -2.53. The molecule has 1 unspecified atom stereocenters. The van der Waals surface area contributed by atoms with Crippen LogP contribution in [0.5, 0.6) is 0 Å². The maximum absolute atomic E-state index is 9.56. The van der Waals surface area contributed by atoms with Crippen LogP contribution in [0, 0.1) is 11.3 Å². The van der Waals surface area contributed by atoms with Crippen LogP contribution in [0.4, 0.5) is 0 Å². The van der Waals surface area contributed by atoms with E-state index in [1.54, 1.807) is 6.20 Å². The van der Waals surface area contributed by atoms with Gasteiger partial charge in [0.15, 0.2) is 0 Å². The Bertz CT molecular complexity index is 606. The van der Waals surface area contributed by atoms with Crippen molar-refractivity contribution in [1.29, 1.82) is 5.26 Å². The van der Waals surface area contributed by atoms with Crippen LogP contribution in [0.25, 0.3) is 0 Å². The van der Waals surface area contributed by atoms with E-state index in [0.29, 0.717) is 12.1 Å². The van der Waals surface area contributed by atoms with E-state index in [9.17, 15) is 5.26 Å². The predicted molar refractivity (Wildman–Crippen MR) is 81.6 cm³/mol. The number of hydrogen-bond acceptors (Lipinski definition) is 3. The molecule has 1 heterocycles. The van der Waals surface area contributed by atoms with Gasteiger partial charge in [0.1, 0.15) is 0 Å². The zero-order chi connectivity index (χ0) is 14.7. The molecule has 0 radical (unpaired) electrons. The van der Waals surface area contributed by atoms with E-state index >= 15 is 0 Å². The number of aromatic nitrogens is 2. The summed E-state index contributed by atoms with van der Waals surface area (Å²) >= 11 is 0. The Labute approximate surface area is 125 Å². The molecular weight excluding hydrogens is 260 g/mol. The van der Waals surface area contributed by atoms with Crippen molar-refractivity contribution < 1.29 is 0 Å². The van der Waals surface area contributed by atoms with Gasteiger partial charge in [-0.2, -0.15) is 5.26 Å². The van der Waals surface area contributed by atoms with Gasteiger partial charge in [-0.05, 0) is 25.3 Å². The van der Waals surface area contributed by atoms with Gasteiger partial charge in [0.05, 0.1) is 17.8 Å². The van der Waals surface area contributed by atoms with Gasteiger partial charge in [-0.25, -0.2) is 4.98 Å². The molecule has 1 N–H and O–H groups in total. The van der Waals surface area contributed by atoms with Gasteiger partial charge in [-0.15, -0.1) is 0 Å². The molecule has 2 aromatic rings. The summed E-state index contributed by atoms with van der Waals surface area (Å²) in [5, 5.41) is 13.2. The number of nitriles is 1. The van der Waals surface area contributed by atoms with Gasteiger partial charge >= 0.3 is 0 Å². The average molecular weight is 280 g/mol. The summed E-state index contributed by atoms with van der Waals surface area (Å²) in [6.07, 6.45) is 7.39. The third-order valence-electron chi connectivity index (χ3n) is 4.29. The highest BCUT2D eigenvalue weighted by Crippen LogP contribution is 2.43. The van der Waals surface area contributed by atoms with Crippen LogP contribution in [0.15, 0.2) is 49.1 Å². The summed E-state index contributed by atoms with van der Waals surface area (Å²) in [6, 6.07) is 13.5. The second kappa shape index (κ2) is 5.71. The van der Waals surface area contributed by atoms with Crippen LogP contribution >= 0.6 is 0 Å². The Morgan fingerprint density at radius 1 is 1.43 bits per heavy atom. The van der Waals surface area contributed by atoms with E-state index in [4.69, 9.17) is 0 Å². The highest BCUT2D eigenvalue weighted by molar-refractivity contribution is 5.36. The third-order valence-corrected chi connectivity index (χ3v) is 4.29. The van der Waals surface area contributed by atoms with Crippen LogP contribution in [0.2, 0.25) is 0 Å². The van der Waals surface area contributed by atoms with Crippen molar-refractivity contribution in [3.05, 3.63) is 54.6 Å². The Balaban J connectivity index is 1.56. The third kappa shape index (κ3) is 2.84. The average Bonchev–Trinajstić information content (AvgIpc) is 2.96. The summed E-state index contributed by atoms with van der Waals surface area (Å²) in [7, 11) is 0. The van der Waals surface area contributed by atoms with E-state index in [-0.39, 0.29) is 5.41 Å². The molecule has 0 bridgehead atoms. The molecule has 0 saturated heterocycles. The maximum Gasteiger partial charge on any atom is 0.0946 e. The Morgan fingerprint density at radius 3 is 2.81 bits per heavy atom. The van der Waals surface area contributed by atoms with E-state index < -0.39 is 0 Å². The molecule has 1 aliphatic carbocycles. The van der Waals surface area contributed by atoms with Crippen molar-refractivity contribution >= 4 is 0 Å². The fourth-order valence-corrected chi connectivity index (χ4v) is 3.21. The molecule has 0 aliphatic heterocycles. The summed E-state index contributed by atoms with van der Waals surface area (Å²) in [5.41, 5.74) is 0.848. The maximum atomic E-state index is 9.56. The molecule has 0 amide bonds. The highest BCUT2D eigenvalue weighted by atomic mass is 15.1. The zero-order valence-electron chi connectivity index (χ0n) is 12.2. The normalized spacial score (nSPS) is 25.8. The lowest BCUT2D eigenvalue weighted by atomic mass is 9.62. The molecule has 4 heteroatoms. The second-order valence-corrected chi connectivity index (χ2v) is 5.99. The zero-order valence-corrected chi connectivity index (χ0v) is 12.2. The van der Waals surface area contributed by atoms with Crippen LogP contribution in [-0.2, 0) is 12.0 Å². The molecule has 1 aromatic carbocycles. The molecule has 1 aliphatic rings. The topological polar surface area (TPSA) is 53.6 Å². The van der Waals surface area contributed by atoms with Crippen molar-refractivity contribution in [3.8, 4) is 6.07 Å². The fraction of sp³-hybridized carbons (Fsp3) is 0.412. The van der Waals surface area contributed by atoms with Gasteiger partial charge in [0.25, 0.3) is 0 Å². The number of imidazole rings is 1. The van der Waals surface area contributed by atoms with E-state index in [0.717, 1.165) is 24.9 Å². The van der Waals surface area contributed by atoms with Crippen molar-refractivity contribution in [2.75, 3.05) is 0 Å². The van der Waals surface area contributed by atoms with Crippen LogP contribution in [0.1, 0.15) is 25.3 Å². The smallest absolute Gasteiger partial charge is 0.0946 e. The van der Waals surface area contributed by atoms with E-state index in [2.05, 4.69) is 40.0 Å². The molecule has 3 rings (SSSR count). The summed E-state index contributed by atoms with van der Waals surface area (Å²) in [5.74, 6) is 0. The van der Waals surface area contributed by atoms with Crippen molar-refractivity contribution in [1.82, 2.24) is 14.9 Å². The van der Waals surface area contributed by atoms with Crippen LogP contribution in [-0.4, -0.2) is 21.6 Å². The summed E-state index contributed by atoms with van der Waals surface area (Å²) in [4.78, 5) is 4.06. The fourth-order valence-electron chi connectivity index (χ4n) is 3.21. The lowest BCUT2D eigenvalue weighted by Gasteiger charge is -2.44. The number of nitrogens with zero attached hydrogens (tertiary/aromatic N) is 3. The minimum absolute atomic E-state index is 0.298. The molecule has 4 nitrogen and oxygen atoms in total. The minimum atomic E-state index is -0.298. The molecular formula is C17H20N4. The first-order chi connectivity index (χ1) is 10.2. The Hall–Kier alpha value is -2.12. The monoisotopic (exact) mass is 280 g/mol. The largest absolute Gasteiger partial charge is 0.336 e. The highest BCUT2D eigenvalue weighted by Gasteiger charge is 2.46. The predicted octanol–water partition coefficient (Wildman–Crippen LogP) is 2.49. The summed E-state index contributed by atoms with van der Waals surface area (Å²) in [6.45, 7) is 3.08. The van der Waals surface area contributed by atoms with Gasteiger partial charge in [-0.1, -0.05) is 30.3 Å². The number of benzene rings is 1. The molecule has 0 spiro atoms. The van der Waals surface area contributed by atoms with Crippen molar-refractivity contribution in [2.45, 2.75) is 43.8 Å². The molecule has 1 atom stereocenters. The van der Waals surface area contributed by atoms with Gasteiger partial charge < -0.3 is 9.88 Å². The number of nitrogens with one attached hydrogen (secondary N) is 1. The quantitative estimate of drug-likeness (QED) is 0.915. The van der Waals surface area contributed by atoms with E-state index in [1.165, 1.54) is 0 Å². The molecule has 1 aromatic heterocycles. The molecule has 1 fully saturated rings. The first-order valence-corrected chi connectivity index (χ1v) is 7.40. The van der Waals surface area contributed by atoms with Gasteiger partial charge in [-0.3, -0.25) is 0 Å². The SMILES string of the molecule is CC(Cn1ccnc1)NC1CC(C#N)(c2ccccc2)C1. The van der Waals surface area contributed by atoms with Gasteiger partial charge in [0, 0.05) is 31.0 Å². The molecule has 21 heavy (non-hydrogen) atoms. The second-order valence-electron chi connectivity index (χ2n) is 5.99. The van der Waals surface area contributed by atoms with Crippen molar-refractivity contribution in [2.24, 2.45) is 0 Å². The standard InChI is InChI=1S/C17H20N4/c1-14(11-21-8-7-19-13-21)20-16-9-17(10-16,12-18)15-5-3-2-4-6-15/h2-8,13-14,16,20H,9-11H2,1H3. The number of rotatable bonds is 5. The first kappa shape index (κ1) is 13.8. The van der Waals surface area contributed by atoms with Crippen molar-refractivity contribution in [3.63, 3.8) is 0 Å². The molecule has 1 saturated carbocycles. The number of hydrogen-bond donors (Lipinski definition) is 1. The first-order valence-electron chi connectivity index (χ1n) is 7.40. The van der Waals surface area contributed by atoms with E-state index in [1.807, 2.05) is 30.7 Å². The van der Waals surface area contributed by atoms with Crippen LogP contribution < -0.4 is 5.32 Å². The Morgan fingerprint density at radius 2 is 2.19 bits per heavy atom.